The summed E-state index contributed by atoms with van der Waals surface area (Å²) in [6.45, 7) is 1.35. The Kier molecular flexibility index (Phi) is 7.70. The van der Waals surface area contributed by atoms with Gasteiger partial charge in [-0.2, -0.15) is 0 Å². The molecule has 9 heteroatoms. The number of rotatable bonds is 4. The number of ether oxygens (including phenoxy) is 2. The number of fused-ring (bicyclic) bond motifs is 2. The molecule has 1 saturated heterocycles. The standard InChI is InChI=1S/C34H32N4O5/c1-42-27-12-7-10-25(22-27)37(26-11-8-13-28(23-26)43-2)33(40)35-17-19-36(20-18-35)34(41)38-30-15-5-3-9-24(30)21-32(39)29-14-4-6-16-31(29)38/h3-16,22-23H,17-21H2,1-2H3. The van der Waals surface area contributed by atoms with E-state index < -0.39 is 0 Å². The molecule has 0 spiro atoms. The number of methoxy groups -OCH3 is 2. The first-order chi connectivity index (χ1) is 21.0. The topological polar surface area (TPSA) is 82.6 Å². The minimum atomic E-state index is -0.223. The van der Waals surface area contributed by atoms with Crippen molar-refractivity contribution in [3.05, 3.63) is 108 Å². The van der Waals surface area contributed by atoms with Crippen molar-refractivity contribution in [2.45, 2.75) is 6.42 Å². The number of urea groups is 2. The van der Waals surface area contributed by atoms with Gasteiger partial charge in [0.15, 0.2) is 5.78 Å². The zero-order valence-corrected chi connectivity index (χ0v) is 24.1. The zero-order valence-electron chi connectivity index (χ0n) is 24.1. The smallest absolute Gasteiger partial charge is 0.329 e. The third kappa shape index (κ3) is 5.37. The molecule has 1 fully saturated rings. The molecule has 0 unspecified atom stereocenters. The molecule has 9 nitrogen and oxygen atoms in total. The van der Waals surface area contributed by atoms with Crippen molar-refractivity contribution in [1.82, 2.24) is 9.80 Å². The number of anilines is 4. The number of para-hydroxylation sites is 2. The van der Waals surface area contributed by atoms with E-state index in [1.165, 1.54) is 0 Å². The van der Waals surface area contributed by atoms with Gasteiger partial charge in [0, 0.05) is 50.3 Å². The number of amides is 4. The third-order valence-corrected chi connectivity index (χ3v) is 7.86. The van der Waals surface area contributed by atoms with Crippen LogP contribution in [0.3, 0.4) is 0 Å². The molecule has 4 amide bonds. The van der Waals surface area contributed by atoms with Crippen molar-refractivity contribution in [3.63, 3.8) is 0 Å². The molecule has 0 aliphatic carbocycles. The van der Waals surface area contributed by atoms with E-state index in [1.807, 2.05) is 91.0 Å². The number of benzene rings is 4. The maximum absolute atomic E-state index is 14.1. The highest BCUT2D eigenvalue weighted by Gasteiger charge is 2.35. The lowest BCUT2D eigenvalue weighted by molar-refractivity contribution is 0.0994. The molecule has 0 saturated carbocycles. The number of Topliss-reactive ketones (excluding diaryl/α,β-unsaturated/α-hetero) is 1. The Balaban J connectivity index is 1.26. The Morgan fingerprint density at radius 2 is 1.23 bits per heavy atom. The summed E-state index contributed by atoms with van der Waals surface area (Å²) < 4.78 is 10.9. The maximum Gasteiger partial charge on any atom is 0.329 e. The highest BCUT2D eigenvalue weighted by atomic mass is 16.5. The van der Waals surface area contributed by atoms with E-state index in [1.54, 1.807) is 39.9 Å². The van der Waals surface area contributed by atoms with Crippen molar-refractivity contribution >= 4 is 40.6 Å². The predicted octanol–water partition coefficient (Wildman–Crippen LogP) is 6.28. The monoisotopic (exact) mass is 576 g/mol. The van der Waals surface area contributed by atoms with Gasteiger partial charge >= 0.3 is 12.1 Å². The second-order valence-electron chi connectivity index (χ2n) is 10.4. The van der Waals surface area contributed by atoms with Crippen molar-refractivity contribution in [3.8, 4) is 11.5 Å². The fourth-order valence-electron chi connectivity index (χ4n) is 5.63. The molecular weight excluding hydrogens is 544 g/mol. The normalized spacial score (nSPS) is 14.4. The van der Waals surface area contributed by atoms with E-state index in [0.29, 0.717) is 66.0 Å². The number of piperazine rings is 1. The second-order valence-corrected chi connectivity index (χ2v) is 10.4. The number of carbonyl (C=O) groups is 3. The first-order valence-electron chi connectivity index (χ1n) is 14.1. The van der Waals surface area contributed by atoms with E-state index in [2.05, 4.69) is 0 Å². The molecule has 0 aromatic heterocycles. The highest BCUT2D eigenvalue weighted by Crippen LogP contribution is 2.37. The minimum Gasteiger partial charge on any atom is -0.497 e. The van der Waals surface area contributed by atoms with Gasteiger partial charge in [0.25, 0.3) is 0 Å². The van der Waals surface area contributed by atoms with Gasteiger partial charge in [-0.05, 0) is 48.0 Å². The SMILES string of the molecule is COc1cccc(N(C(=O)N2CCN(C(=O)N3c4ccccc4CC(=O)c4ccccc43)CC2)c2cccc(OC)c2)c1. The van der Waals surface area contributed by atoms with E-state index in [-0.39, 0.29) is 24.3 Å². The molecule has 2 aliphatic heterocycles. The van der Waals surface area contributed by atoms with E-state index in [4.69, 9.17) is 9.47 Å². The van der Waals surface area contributed by atoms with Crippen LogP contribution in [0.15, 0.2) is 97.1 Å². The molecule has 0 atom stereocenters. The summed E-state index contributed by atoms with van der Waals surface area (Å²) in [5.41, 5.74) is 3.90. The Bertz CT molecular complexity index is 1630. The maximum atomic E-state index is 14.1. The molecule has 0 bridgehead atoms. The fraction of sp³-hybridized carbons (Fsp3) is 0.206. The second kappa shape index (κ2) is 11.9. The lowest BCUT2D eigenvalue weighted by Crippen LogP contribution is -2.55. The van der Waals surface area contributed by atoms with Crippen LogP contribution in [0.5, 0.6) is 11.5 Å². The summed E-state index contributed by atoms with van der Waals surface area (Å²) in [6, 6.07) is 29.0. The van der Waals surface area contributed by atoms with E-state index in [9.17, 15) is 14.4 Å². The van der Waals surface area contributed by atoms with Gasteiger partial charge in [0.05, 0.1) is 37.0 Å². The summed E-state index contributed by atoms with van der Waals surface area (Å²) in [5.74, 6) is 1.24. The van der Waals surface area contributed by atoms with E-state index in [0.717, 1.165) is 5.56 Å². The first kappa shape index (κ1) is 27.8. The van der Waals surface area contributed by atoms with Crippen LogP contribution in [0, 0.1) is 0 Å². The molecule has 2 heterocycles. The molecule has 43 heavy (non-hydrogen) atoms. The van der Waals surface area contributed by atoms with Crippen molar-refractivity contribution in [1.29, 1.82) is 0 Å². The molecule has 0 N–H and O–H groups in total. The van der Waals surface area contributed by atoms with Crippen molar-refractivity contribution in [2.75, 3.05) is 50.2 Å². The summed E-state index contributed by atoms with van der Waals surface area (Å²) >= 11 is 0. The molecule has 6 rings (SSSR count). The molecule has 4 aromatic carbocycles. The van der Waals surface area contributed by atoms with E-state index >= 15 is 0 Å². The van der Waals surface area contributed by atoms with Crippen LogP contribution in [0.1, 0.15) is 15.9 Å². The number of ketones is 1. The molecule has 4 aromatic rings. The lowest BCUT2D eigenvalue weighted by atomic mass is 10.0. The number of hydrogen-bond acceptors (Lipinski definition) is 5. The molecule has 0 radical (unpaired) electrons. The average molecular weight is 577 g/mol. The van der Waals surface area contributed by atoms with Crippen LogP contribution in [0.25, 0.3) is 0 Å². The average Bonchev–Trinajstić information content (AvgIpc) is 3.18. The Morgan fingerprint density at radius 1 is 0.674 bits per heavy atom. The first-order valence-corrected chi connectivity index (χ1v) is 14.1. The highest BCUT2D eigenvalue weighted by molar-refractivity contribution is 6.12. The summed E-state index contributed by atoms with van der Waals surface area (Å²) in [4.78, 5) is 48.1. The van der Waals surface area contributed by atoms with Gasteiger partial charge in [0.2, 0.25) is 0 Å². The van der Waals surface area contributed by atoms with Gasteiger partial charge in [-0.1, -0.05) is 42.5 Å². The van der Waals surface area contributed by atoms with Crippen LogP contribution >= 0.6 is 0 Å². The summed E-state index contributed by atoms with van der Waals surface area (Å²) in [6.07, 6.45) is 0.226. The minimum absolute atomic E-state index is 0.0241. The quantitative estimate of drug-likeness (QED) is 0.286. The van der Waals surface area contributed by atoms with Gasteiger partial charge in [-0.15, -0.1) is 0 Å². The van der Waals surface area contributed by atoms with Crippen LogP contribution in [0.2, 0.25) is 0 Å². The summed E-state index contributed by atoms with van der Waals surface area (Å²) in [5, 5.41) is 0. The van der Waals surface area contributed by atoms with Crippen molar-refractivity contribution in [2.24, 2.45) is 0 Å². The van der Waals surface area contributed by atoms with Crippen LogP contribution in [0.4, 0.5) is 32.3 Å². The molecule has 218 valence electrons. The molecule has 2 aliphatic rings. The van der Waals surface area contributed by atoms with Crippen LogP contribution in [-0.4, -0.2) is 68.0 Å². The Morgan fingerprint density at radius 3 is 1.86 bits per heavy atom. The van der Waals surface area contributed by atoms with Gasteiger partial charge in [0.1, 0.15) is 11.5 Å². The largest absolute Gasteiger partial charge is 0.497 e. The Hall–Kier alpha value is -5.31. The number of hydrogen-bond donors (Lipinski definition) is 0. The Labute approximate surface area is 250 Å². The van der Waals surface area contributed by atoms with Crippen LogP contribution < -0.4 is 19.3 Å². The van der Waals surface area contributed by atoms with Gasteiger partial charge < -0.3 is 19.3 Å². The van der Waals surface area contributed by atoms with Gasteiger partial charge in [-0.25, -0.2) is 9.59 Å². The summed E-state index contributed by atoms with van der Waals surface area (Å²) in [7, 11) is 3.17. The number of nitrogens with zero attached hydrogens (tertiary/aromatic N) is 4. The molecular formula is C34H32N4O5. The van der Waals surface area contributed by atoms with Gasteiger partial charge in [-0.3, -0.25) is 14.6 Å². The van der Waals surface area contributed by atoms with Crippen molar-refractivity contribution < 1.29 is 23.9 Å². The van der Waals surface area contributed by atoms with Crippen LogP contribution in [-0.2, 0) is 6.42 Å². The lowest BCUT2D eigenvalue weighted by Gasteiger charge is -2.39. The predicted molar refractivity (Wildman–Crippen MR) is 165 cm³/mol. The number of carbonyl (C=O) groups excluding carboxylic acids is 3. The zero-order chi connectivity index (χ0) is 29.9. The fourth-order valence-corrected chi connectivity index (χ4v) is 5.63. The third-order valence-electron chi connectivity index (χ3n) is 7.86.